The summed E-state index contributed by atoms with van der Waals surface area (Å²) in [5.74, 6) is -0.112. The molecule has 3 heteroatoms. The Morgan fingerprint density at radius 1 is 1.73 bits per heavy atom. The summed E-state index contributed by atoms with van der Waals surface area (Å²) >= 11 is 0. The monoisotopic (exact) mass is 156 g/mol. The SMILES string of the molecule is C=CCC(C)NC(=O)C(C)N. The van der Waals surface area contributed by atoms with Gasteiger partial charge in [0.2, 0.25) is 5.91 Å². The van der Waals surface area contributed by atoms with E-state index in [0.717, 1.165) is 6.42 Å². The largest absolute Gasteiger partial charge is 0.352 e. The Kier molecular flexibility index (Phi) is 4.54. The number of nitrogens with two attached hydrogens (primary N) is 1. The number of hydrogen-bond donors (Lipinski definition) is 2. The lowest BCUT2D eigenvalue weighted by atomic mass is 10.2. The van der Waals surface area contributed by atoms with Gasteiger partial charge in [0, 0.05) is 6.04 Å². The third kappa shape index (κ3) is 4.56. The third-order valence-corrected chi connectivity index (χ3v) is 1.32. The molecule has 0 aromatic rings. The van der Waals surface area contributed by atoms with Crippen molar-refractivity contribution in [1.29, 1.82) is 0 Å². The van der Waals surface area contributed by atoms with Crippen LogP contribution in [0.3, 0.4) is 0 Å². The minimum Gasteiger partial charge on any atom is -0.352 e. The summed E-state index contributed by atoms with van der Waals surface area (Å²) in [5.41, 5.74) is 5.34. The summed E-state index contributed by atoms with van der Waals surface area (Å²) in [6.45, 7) is 7.15. The average molecular weight is 156 g/mol. The van der Waals surface area contributed by atoms with Gasteiger partial charge in [0.15, 0.2) is 0 Å². The number of amides is 1. The van der Waals surface area contributed by atoms with Crippen LogP contribution in [0.2, 0.25) is 0 Å². The molecule has 0 aromatic carbocycles. The van der Waals surface area contributed by atoms with Crippen molar-refractivity contribution in [3.8, 4) is 0 Å². The van der Waals surface area contributed by atoms with E-state index in [2.05, 4.69) is 11.9 Å². The molecule has 3 N–H and O–H groups in total. The maximum atomic E-state index is 11.0. The maximum absolute atomic E-state index is 11.0. The van der Waals surface area contributed by atoms with Gasteiger partial charge in [-0.3, -0.25) is 4.79 Å². The molecule has 0 bridgehead atoms. The Labute approximate surface area is 67.7 Å². The molecule has 2 unspecified atom stereocenters. The van der Waals surface area contributed by atoms with Crippen molar-refractivity contribution >= 4 is 5.91 Å². The Bertz CT molecular complexity index is 143. The highest BCUT2D eigenvalue weighted by molar-refractivity contribution is 5.81. The second kappa shape index (κ2) is 4.91. The molecule has 0 aliphatic carbocycles. The van der Waals surface area contributed by atoms with Crippen molar-refractivity contribution in [2.45, 2.75) is 32.4 Å². The summed E-state index contributed by atoms with van der Waals surface area (Å²) in [4.78, 5) is 11.0. The fraction of sp³-hybridized carbons (Fsp3) is 0.625. The summed E-state index contributed by atoms with van der Waals surface area (Å²) in [7, 11) is 0. The van der Waals surface area contributed by atoms with Crippen molar-refractivity contribution in [3.05, 3.63) is 12.7 Å². The molecule has 0 saturated carbocycles. The third-order valence-electron chi connectivity index (χ3n) is 1.32. The van der Waals surface area contributed by atoms with Crippen LogP contribution in [0.5, 0.6) is 0 Å². The van der Waals surface area contributed by atoms with Crippen molar-refractivity contribution in [1.82, 2.24) is 5.32 Å². The van der Waals surface area contributed by atoms with Crippen LogP contribution in [-0.2, 0) is 4.79 Å². The second-order valence-corrected chi connectivity index (χ2v) is 2.72. The van der Waals surface area contributed by atoms with Crippen LogP contribution in [0.15, 0.2) is 12.7 Å². The van der Waals surface area contributed by atoms with Crippen LogP contribution in [0, 0.1) is 0 Å². The fourth-order valence-corrected chi connectivity index (χ4v) is 0.683. The van der Waals surface area contributed by atoms with Crippen LogP contribution in [-0.4, -0.2) is 18.0 Å². The first-order valence-corrected chi connectivity index (χ1v) is 3.74. The highest BCUT2D eigenvalue weighted by atomic mass is 16.2. The Balaban J connectivity index is 3.65. The summed E-state index contributed by atoms with van der Waals surface area (Å²) in [6, 6.07) is -0.298. The Hall–Kier alpha value is -0.830. The lowest BCUT2D eigenvalue weighted by Gasteiger charge is -2.13. The van der Waals surface area contributed by atoms with Crippen molar-refractivity contribution in [2.75, 3.05) is 0 Å². The van der Waals surface area contributed by atoms with E-state index in [9.17, 15) is 4.79 Å². The number of nitrogens with one attached hydrogen (secondary N) is 1. The zero-order valence-electron chi connectivity index (χ0n) is 7.13. The van der Waals surface area contributed by atoms with E-state index < -0.39 is 6.04 Å². The van der Waals surface area contributed by atoms with Crippen molar-refractivity contribution in [2.24, 2.45) is 5.73 Å². The highest BCUT2D eigenvalue weighted by Crippen LogP contribution is 1.90. The number of carbonyl (C=O) groups excluding carboxylic acids is 1. The van der Waals surface area contributed by atoms with Gasteiger partial charge in [-0.25, -0.2) is 0 Å². The molecular weight excluding hydrogens is 140 g/mol. The van der Waals surface area contributed by atoms with Crippen LogP contribution in [0.4, 0.5) is 0 Å². The van der Waals surface area contributed by atoms with Crippen LogP contribution in [0.1, 0.15) is 20.3 Å². The molecule has 0 spiro atoms. The summed E-state index contributed by atoms with van der Waals surface area (Å²) in [6.07, 6.45) is 2.55. The molecule has 0 saturated heterocycles. The fourth-order valence-electron chi connectivity index (χ4n) is 0.683. The van der Waals surface area contributed by atoms with E-state index in [4.69, 9.17) is 5.73 Å². The van der Waals surface area contributed by atoms with Crippen LogP contribution < -0.4 is 11.1 Å². The Morgan fingerprint density at radius 2 is 2.27 bits per heavy atom. The van der Waals surface area contributed by atoms with E-state index in [-0.39, 0.29) is 11.9 Å². The van der Waals surface area contributed by atoms with Gasteiger partial charge < -0.3 is 11.1 Å². The van der Waals surface area contributed by atoms with Gasteiger partial charge in [-0.05, 0) is 20.3 Å². The van der Waals surface area contributed by atoms with Crippen LogP contribution >= 0.6 is 0 Å². The second-order valence-electron chi connectivity index (χ2n) is 2.72. The maximum Gasteiger partial charge on any atom is 0.236 e. The molecule has 0 radical (unpaired) electrons. The van der Waals surface area contributed by atoms with E-state index in [1.807, 2.05) is 6.92 Å². The van der Waals surface area contributed by atoms with E-state index in [0.29, 0.717) is 0 Å². The smallest absolute Gasteiger partial charge is 0.236 e. The first kappa shape index (κ1) is 10.2. The average Bonchev–Trinajstić information content (AvgIpc) is 1.87. The predicted molar refractivity (Wildman–Crippen MR) is 46.1 cm³/mol. The lowest BCUT2D eigenvalue weighted by molar-refractivity contribution is -0.122. The van der Waals surface area contributed by atoms with E-state index in [1.54, 1.807) is 13.0 Å². The molecular formula is C8H16N2O. The molecule has 1 amide bonds. The molecule has 0 fully saturated rings. The molecule has 3 nitrogen and oxygen atoms in total. The molecule has 0 aliphatic heterocycles. The van der Waals surface area contributed by atoms with Crippen LogP contribution in [0.25, 0.3) is 0 Å². The van der Waals surface area contributed by atoms with Crippen molar-refractivity contribution in [3.63, 3.8) is 0 Å². The molecule has 0 aromatic heterocycles. The van der Waals surface area contributed by atoms with Gasteiger partial charge in [0.05, 0.1) is 6.04 Å². The minimum atomic E-state index is -0.428. The zero-order chi connectivity index (χ0) is 8.85. The normalized spacial score (nSPS) is 15.2. The standard InChI is InChI=1S/C8H16N2O/c1-4-5-6(2)10-8(11)7(3)9/h4,6-7H,1,5,9H2,2-3H3,(H,10,11). The van der Waals surface area contributed by atoms with E-state index >= 15 is 0 Å². The number of hydrogen-bond acceptors (Lipinski definition) is 2. The van der Waals surface area contributed by atoms with Gasteiger partial charge in [-0.1, -0.05) is 6.08 Å². The number of rotatable bonds is 4. The molecule has 0 heterocycles. The topological polar surface area (TPSA) is 55.1 Å². The summed E-state index contributed by atoms with van der Waals surface area (Å²) in [5, 5.41) is 2.75. The Morgan fingerprint density at radius 3 is 2.64 bits per heavy atom. The summed E-state index contributed by atoms with van der Waals surface area (Å²) < 4.78 is 0. The lowest BCUT2D eigenvalue weighted by Crippen LogP contribution is -2.42. The molecule has 64 valence electrons. The molecule has 11 heavy (non-hydrogen) atoms. The van der Waals surface area contributed by atoms with Gasteiger partial charge >= 0.3 is 0 Å². The zero-order valence-corrected chi connectivity index (χ0v) is 7.13. The minimum absolute atomic E-state index is 0.112. The molecule has 0 rings (SSSR count). The molecule has 0 aliphatic rings. The first-order chi connectivity index (χ1) is 5.07. The highest BCUT2D eigenvalue weighted by Gasteiger charge is 2.08. The van der Waals surface area contributed by atoms with Crippen molar-refractivity contribution < 1.29 is 4.79 Å². The van der Waals surface area contributed by atoms with Gasteiger partial charge in [-0.2, -0.15) is 0 Å². The quantitative estimate of drug-likeness (QED) is 0.579. The first-order valence-electron chi connectivity index (χ1n) is 3.74. The van der Waals surface area contributed by atoms with Gasteiger partial charge in [0.25, 0.3) is 0 Å². The number of carbonyl (C=O) groups is 1. The van der Waals surface area contributed by atoms with Gasteiger partial charge in [-0.15, -0.1) is 6.58 Å². The predicted octanol–water partition coefficient (Wildman–Crippen LogP) is 0.414. The van der Waals surface area contributed by atoms with E-state index in [1.165, 1.54) is 0 Å². The van der Waals surface area contributed by atoms with Gasteiger partial charge in [0.1, 0.15) is 0 Å². The molecule has 2 atom stereocenters.